The van der Waals surface area contributed by atoms with Crippen molar-refractivity contribution in [2.45, 2.75) is 32.3 Å². The third-order valence-electron chi connectivity index (χ3n) is 4.27. The molecule has 0 aliphatic heterocycles. The molecule has 1 aliphatic carbocycles. The Balaban J connectivity index is 2.01. The van der Waals surface area contributed by atoms with Gasteiger partial charge in [0.2, 0.25) is 0 Å². The van der Waals surface area contributed by atoms with Gasteiger partial charge in [-0.1, -0.05) is 6.42 Å². The van der Waals surface area contributed by atoms with Crippen molar-refractivity contribution < 1.29 is 28.9 Å². The molecule has 0 heterocycles. The zero-order chi connectivity index (χ0) is 18.2. The maximum absolute atomic E-state index is 12.4. The van der Waals surface area contributed by atoms with Crippen LogP contribution in [-0.2, 0) is 9.53 Å². The van der Waals surface area contributed by atoms with Gasteiger partial charge in [0, 0.05) is 25.1 Å². The average Bonchev–Trinajstić information content (AvgIpc) is 3.06. The van der Waals surface area contributed by atoms with E-state index in [4.69, 9.17) is 19.3 Å². The van der Waals surface area contributed by atoms with Crippen LogP contribution in [0.25, 0.3) is 0 Å². The van der Waals surface area contributed by atoms with E-state index >= 15 is 0 Å². The van der Waals surface area contributed by atoms with Crippen LogP contribution in [0.1, 0.15) is 36.5 Å². The molecule has 0 bridgehead atoms. The largest absolute Gasteiger partial charge is 0.490 e. The molecule has 2 atom stereocenters. The van der Waals surface area contributed by atoms with Crippen LogP contribution in [-0.4, -0.2) is 50.0 Å². The summed E-state index contributed by atoms with van der Waals surface area (Å²) in [5, 5.41) is 11.6. The summed E-state index contributed by atoms with van der Waals surface area (Å²) in [7, 11) is 1.70. The number of ether oxygens (including phenoxy) is 3. The number of nitrogens with one attached hydrogen (secondary N) is 1. The van der Waals surface area contributed by atoms with E-state index in [1.165, 1.54) is 0 Å². The SMILES string of the molecule is CCOc1cc(C(=O)NCC2CCCC2OC)ccc1OCC(=O)O. The van der Waals surface area contributed by atoms with E-state index in [0.29, 0.717) is 36.1 Å². The summed E-state index contributed by atoms with van der Waals surface area (Å²) in [6, 6.07) is 4.71. The fourth-order valence-electron chi connectivity index (χ4n) is 3.05. The van der Waals surface area contributed by atoms with E-state index in [0.717, 1.165) is 19.3 Å². The topological polar surface area (TPSA) is 94.1 Å². The van der Waals surface area contributed by atoms with Gasteiger partial charge >= 0.3 is 5.97 Å². The van der Waals surface area contributed by atoms with E-state index in [2.05, 4.69) is 5.32 Å². The first-order valence-corrected chi connectivity index (χ1v) is 8.47. The molecule has 0 aromatic heterocycles. The third-order valence-corrected chi connectivity index (χ3v) is 4.27. The molecule has 0 saturated heterocycles. The first-order valence-electron chi connectivity index (χ1n) is 8.47. The van der Waals surface area contributed by atoms with Crippen LogP contribution in [0.15, 0.2) is 18.2 Å². The van der Waals surface area contributed by atoms with Crippen molar-refractivity contribution in [3.63, 3.8) is 0 Å². The Hall–Kier alpha value is -2.28. The Morgan fingerprint density at radius 3 is 2.72 bits per heavy atom. The molecular weight excluding hydrogens is 326 g/mol. The van der Waals surface area contributed by atoms with Crippen LogP contribution < -0.4 is 14.8 Å². The van der Waals surface area contributed by atoms with E-state index in [-0.39, 0.29) is 12.0 Å². The Labute approximate surface area is 147 Å². The minimum absolute atomic E-state index is 0.200. The normalized spacial score (nSPS) is 19.4. The summed E-state index contributed by atoms with van der Waals surface area (Å²) < 4.78 is 16.1. The zero-order valence-electron chi connectivity index (χ0n) is 14.6. The molecule has 2 N–H and O–H groups in total. The van der Waals surface area contributed by atoms with Crippen molar-refractivity contribution in [3.05, 3.63) is 23.8 Å². The lowest BCUT2D eigenvalue weighted by Crippen LogP contribution is -2.33. The third kappa shape index (κ3) is 5.35. The first-order chi connectivity index (χ1) is 12.0. The number of carboxylic acid groups (broad SMARTS) is 1. The monoisotopic (exact) mass is 351 g/mol. The molecule has 7 nitrogen and oxygen atoms in total. The number of carbonyl (C=O) groups is 2. The number of benzene rings is 1. The molecule has 2 unspecified atom stereocenters. The van der Waals surface area contributed by atoms with Gasteiger partial charge in [0.1, 0.15) is 0 Å². The number of methoxy groups -OCH3 is 1. The van der Waals surface area contributed by atoms with Gasteiger partial charge < -0.3 is 24.6 Å². The molecule has 25 heavy (non-hydrogen) atoms. The summed E-state index contributed by atoms with van der Waals surface area (Å²) in [6.45, 7) is 2.29. The Bertz CT molecular complexity index is 603. The summed E-state index contributed by atoms with van der Waals surface area (Å²) >= 11 is 0. The van der Waals surface area contributed by atoms with Crippen molar-refractivity contribution in [1.29, 1.82) is 0 Å². The van der Waals surface area contributed by atoms with Crippen LogP contribution in [0, 0.1) is 5.92 Å². The second kappa shape index (κ2) is 9.27. The van der Waals surface area contributed by atoms with Crippen LogP contribution >= 0.6 is 0 Å². The summed E-state index contributed by atoms with van der Waals surface area (Å²) in [5.74, 6) is -0.289. The smallest absolute Gasteiger partial charge is 0.341 e. The first kappa shape index (κ1) is 19.1. The van der Waals surface area contributed by atoms with Crippen molar-refractivity contribution in [1.82, 2.24) is 5.32 Å². The molecule has 138 valence electrons. The Morgan fingerprint density at radius 1 is 1.24 bits per heavy atom. The van der Waals surface area contributed by atoms with Crippen molar-refractivity contribution in [2.24, 2.45) is 5.92 Å². The van der Waals surface area contributed by atoms with Gasteiger partial charge in [0.15, 0.2) is 18.1 Å². The molecule has 0 radical (unpaired) electrons. The number of carbonyl (C=O) groups excluding carboxylic acids is 1. The molecule has 1 aromatic rings. The molecule has 1 saturated carbocycles. The summed E-state index contributed by atoms with van der Waals surface area (Å²) in [6.07, 6.45) is 3.39. The lowest BCUT2D eigenvalue weighted by molar-refractivity contribution is -0.139. The molecule has 1 amide bonds. The van der Waals surface area contributed by atoms with Crippen LogP contribution in [0.5, 0.6) is 11.5 Å². The molecule has 0 spiro atoms. The standard InChI is InChI=1S/C18H25NO6/c1-3-24-16-9-12(7-8-15(16)25-11-17(20)21)18(22)19-10-13-5-4-6-14(13)23-2/h7-9,13-14H,3-6,10-11H2,1-2H3,(H,19,22)(H,20,21). The minimum Gasteiger partial charge on any atom is -0.490 e. The maximum atomic E-state index is 12.4. The maximum Gasteiger partial charge on any atom is 0.341 e. The number of hydrogen-bond acceptors (Lipinski definition) is 5. The summed E-state index contributed by atoms with van der Waals surface area (Å²) in [5.41, 5.74) is 0.443. The molecule has 1 aliphatic rings. The molecule has 7 heteroatoms. The van der Waals surface area contributed by atoms with Crippen LogP contribution in [0.3, 0.4) is 0 Å². The van der Waals surface area contributed by atoms with Gasteiger partial charge in [-0.25, -0.2) is 4.79 Å². The van der Waals surface area contributed by atoms with Crippen LogP contribution in [0.2, 0.25) is 0 Å². The fraction of sp³-hybridized carbons (Fsp3) is 0.556. The quantitative estimate of drug-likeness (QED) is 0.707. The number of amides is 1. The predicted molar refractivity (Wildman–Crippen MR) is 91.2 cm³/mol. The Morgan fingerprint density at radius 2 is 2.04 bits per heavy atom. The van der Waals surface area contributed by atoms with Gasteiger partial charge in [0.05, 0.1) is 12.7 Å². The highest BCUT2D eigenvalue weighted by atomic mass is 16.5. The number of hydrogen-bond donors (Lipinski definition) is 2. The molecular formula is C18H25NO6. The van der Waals surface area contributed by atoms with E-state index < -0.39 is 12.6 Å². The van der Waals surface area contributed by atoms with Gasteiger partial charge in [0.25, 0.3) is 5.91 Å². The number of aliphatic carboxylic acids is 1. The van der Waals surface area contributed by atoms with Crippen molar-refractivity contribution in [3.8, 4) is 11.5 Å². The van der Waals surface area contributed by atoms with Crippen LogP contribution in [0.4, 0.5) is 0 Å². The van der Waals surface area contributed by atoms with E-state index in [1.54, 1.807) is 32.2 Å². The average molecular weight is 351 g/mol. The van der Waals surface area contributed by atoms with Crippen molar-refractivity contribution >= 4 is 11.9 Å². The number of rotatable bonds is 9. The molecule has 1 fully saturated rings. The van der Waals surface area contributed by atoms with Gasteiger partial charge in [-0.15, -0.1) is 0 Å². The molecule has 1 aromatic carbocycles. The number of carboxylic acids is 1. The van der Waals surface area contributed by atoms with Gasteiger partial charge in [-0.05, 0) is 38.0 Å². The highest BCUT2D eigenvalue weighted by Crippen LogP contribution is 2.29. The van der Waals surface area contributed by atoms with Crippen molar-refractivity contribution in [2.75, 3.05) is 26.9 Å². The lowest BCUT2D eigenvalue weighted by atomic mass is 10.1. The van der Waals surface area contributed by atoms with Gasteiger partial charge in [-0.3, -0.25) is 4.79 Å². The van der Waals surface area contributed by atoms with E-state index in [9.17, 15) is 9.59 Å². The lowest BCUT2D eigenvalue weighted by Gasteiger charge is -2.18. The predicted octanol–water partition coefficient (Wildman–Crippen LogP) is 2.09. The molecule has 2 rings (SSSR count). The van der Waals surface area contributed by atoms with E-state index in [1.807, 2.05) is 0 Å². The zero-order valence-corrected chi connectivity index (χ0v) is 14.6. The fourth-order valence-corrected chi connectivity index (χ4v) is 3.05. The van der Waals surface area contributed by atoms with Gasteiger partial charge in [-0.2, -0.15) is 0 Å². The second-order valence-corrected chi connectivity index (χ2v) is 5.95. The highest BCUT2D eigenvalue weighted by molar-refractivity contribution is 5.94. The minimum atomic E-state index is -1.08. The Kier molecular flexibility index (Phi) is 7.06. The highest BCUT2D eigenvalue weighted by Gasteiger charge is 2.27. The summed E-state index contributed by atoms with van der Waals surface area (Å²) in [4.78, 5) is 23.0. The second-order valence-electron chi connectivity index (χ2n) is 5.95.